The lowest BCUT2D eigenvalue weighted by atomic mass is 10.0. The standard InChI is InChI=1S/C12H17FO2/c1-9(2)11-5-4-10(8-12(11)13)15-7-6-14-3/h4-5,8-9H,6-7H2,1-3H3. The van der Waals surface area contributed by atoms with Crippen molar-refractivity contribution in [2.45, 2.75) is 19.8 Å². The number of rotatable bonds is 5. The summed E-state index contributed by atoms with van der Waals surface area (Å²) in [6.45, 7) is 4.87. The number of methoxy groups -OCH3 is 1. The number of ether oxygens (including phenoxy) is 2. The van der Waals surface area contributed by atoms with Gasteiger partial charge in [0.2, 0.25) is 0 Å². The molecule has 1 rings (SSSR count). The zero-order chi connectivity index (χ0) is 11.3. The van der Waals surface area contributed by atoms with E-state index in [0.717, 1.165) is 0 Å². The number of benzene rings is 1. The van der Waals surface area contributed by atoms with Crippen molar-refractivity contribution in [2.24, 2.45) is 0 Å². The van der Waals surface area contributed by atoms with Crippen LogP contribution < -0.4 is 4.74 Å². The van der Waals surface area contributed by atoms with E-state index in [4.69, 9.17) is 9.47 Å². The summed E-state index contributed by atoms with van der Waals surface area (Å²) >= 11 is 0. The smallest absolute Gasteiger partial charge is 0.130 e. The molecule has 1 aromatic carbocycles. The molecule has 3 heteroatoms. The van der Waals surface area contributed by atoms with Crippen LogP contribution in [0.2, 0.25) is 0 Å². The third-order valence-corrected chi connectivity index (χ3v) is 2.15. The Morgan fingerprint density at radius 2 is 2.00 bits per heavy atom. The molecule has 0 radical (unpaired) electrons. The first-order chi connectivity index (χ1) is 7.15. The molecule has 84 valence electrons. The second-order valence-corrected chi connectivity index (χ2v) is 3.68. The summed E-state index contributed by atoms with van der Waals surface area (Å²) in [5.74, 6) is 0.534. The number of halogens is 1. The van der Waals surface area contributed by atoms with Gasteiger partial charge in [0.05, 0.1) is 6.61 Å². The van der Waals surface area contributed by atoms with Crippen molar-refractivity contribution in [3.05, 3.63) is 29.6 Å². The molecule has 0 spiro atoms. The maximum atomic E-state index is 13.5. The van der Waals surface area contributed by atoms with Crippen molar-refractivity contribution in [1.29, 1.82) is 0 Å². The van der Waals surface area contributed by atoms with Crippen molar-refractivity contribution in [1.82, 2.24) is 0 Å². The fraction of sp³-hybridized carbons (Fsp3) is 0.500. The molecule has 2 nitrogen and oxygen atoms in total. The molecule has 0 aliphatic carbocycles. The molecule has 1 aromatic rings. The van der Waals surface area contributed by atoms with Gasteiger partial charge in [-0.3, -0.25) is 0 Å². The minimum absolute atomic E-state index is 0.193. The molecule has 0 amide bonds. The fourth-order valence-electron chi connectivity index (χ4n) is 1.31. The average molecular weight is 212 g/mol. The molecule has 0 saturated carbocycles. The second-order valence-electron chi connectivity index (χ2n) is 3.68. The van der Waals surface area contributed by atoms with E-state index in [-0.39, 0.29) is 11.7 Å². The van der Waals surface area contributed by atoms with Crippen LogP contribution >= 0.6 is 0 Å². The quantitative estimate of drug-likeness (QED) is 0.698. The Bertz CT molecular complexity index is 310. The van der Waals surface area contributed by atoms with Gasteiger partial charge in [0.15, 0.2) is 0 Å². The highest BCUT2D eigenvalue weighted by Crippen LogP contribution is 2.22. The van der Waals surface area contributed by atoms with Crippen molar-refractivity contribution in [2.75, 3.05) is 20.3 Å². The lowest BCUT2D eigenvalue weighted by molar-refractivity contribution is 0.146. The molecule has 0 N–H and O–H groups in total. The predicted molar refractivity (Wildman–Crippen MR) is 57.9 cm³/mol. The van der Waals surface area contributed by atoms with Gasteiger partial charge in [-0.25, -0.2) is 4.39 Å². The van der Waals surface area contributed by atoms with E-state index in [9.17, 15) is 4.39 Å². The lowest BCUT2D eigenvalue weighted by Crippen LogP contribution is -2.04. The summed E-state index contributed by atoms with van der Waals surface area (Å²) in [7, 11) is 1.60. The number of hydrogen-bond acceptors (Lipinski definition) is 2. The molecular weight excluding hydrogens is 195 g/mol. The first-order valence-electron chi connectivity index (χ1n) is 5.06. The van der Waals surface area contributed by atoms with Crippen LogP contribution in [0, 0.1) is 5.82 Å². The van der Waals surface area contributed by atoms with Crippen LogP contribution in [0.1, 0.15) is 25.3 Å². The van der Waals surface area contributed by atoms with Crippen LogP contribution in [0.15, 0.2) is 18.2 Å². The van der Waals surface area contributed by atoms with E-state index < -0.39 is 0 Å². The molecule has 0 aliphatic rings. The van der Waals surface area contributed by atoms with Crippen molar-refractivity contribution in [3.8, 4) is 5.75 Å². The van der Waals surface area contributed by atoms with Crippen LogP contribution in [0.4, 0.5) is 4.39 Å². The third-order valence-electron chi connectivity index (χ3n) is 2.15. The maximum absolute atomic E-state index is 13.5. The molecule has 0 bridgehead atoms. The summed E-state index contributed by atoms with van der Waals surface area (Å²) < 4.78 is 23.6. The third kappa shape index (κ3) is 3.51. The van der Waals surface area contributed by atoms with Crippen molar-refractivity contribution >= 4 is 0 Å². The summed E-state index contributed by atoms with van der Waals surface area (Å²) in [5.41, 5.74) is 0.717. The summed E-state index contributed by atoms with van der Waals surface area (Å²) in [4.78, 5) is 0. The Labute approximate surface area is 90.0 Å². The van der Waals surface area contributed by atoms with Gasteiger partial charge in [-0.15, -0.1) is 0 Å². The monoisotopic (exact) mass is 212 g/mol. The van der Waals surface area contributed by atoms with E-state index in [1.807, 2.05) is 13.8 Å². The predicted octanol–water partition coefficient (Wildman–Crippen LogP) is 2.97. The van der Waals surface area contributed by atoms with Crippen LogP contribution in [-0.2, 0) is 4.74 Å². The van der Waals surface area contributed by atoms with Gasteiger partial charge in [0.25, 0.3) is 0 Å². The van der Waals surface area contributed by atoms with Gasteiger partial charge >= 0.3 is 0 Å². The molecule has 0 heterocycles. The van der Waals surface area contributed by atoms with Crippen molar-refractivity contribution < 1.29 is 13.9 Å². The largest absolute Gasteiger partial charge is 0.491 e. The number of hydrogen-bond donors (Lipinski definition) is 0. The van der Waals surface area contributed by atoms with Gasteiger partial charge in [0, 0.05) is 13.2 Å². The van der Waals surface area contributed by atoms with Crippen molar-refractivity contribution in [3.63, 3.8) is 0 Å². The Kier molecular flexibility index (Phi) is 4.56. The molecule has 0 atom stereocenters. The zero-order valence-electron chi connectivity index (χ0n) is 9.42. The normalized spacial score (nSPS) is 10.7. The zero-order valence-corrected chi connectivity index (χ0v) is 9.42. The van der Waals surface area contributed by atoms with Gasteiger partial charge in [0.1, 0.15) is 18.2 Å². The highest BCUT2D eigenvalue weighted by atomic mass is 19.1. The minimum Gasteiger partial charge on any atom is -0.491 e. The summed E-state index contributed by atoms with van der Waals surface area (Å²) in [6, 6.07) is 4.97. The first-order valence-corrected chi connectivity index (χ1v) is 5.06. The van der Waals surface area contributed by atoms with Gasteiger partial charge < -0.3 is 9.47 Å². The summed E-state index contributed by atoms with van der Waals surface area (Å²) in [5, 5.41) is 0. The van der Waals surface area contributed by atoms with E-state index >= 15 is 0 Å². The molecule has 0 saturated heterocycles. The van der Waals surface area contributed by atoms with Gasteiger partial charge in [-0.2, -0.15) is 0 Å². The summed E-state index contributed by atoms with van der Waals surface area (Å²) in [6.07, 6.45) is 0. The topological polar surface area (TPSA) is 18.5 Å². The first kappa shape index (κ1) is 12.0. The SMILES string of the molecule is COCCOc1ccc(C(C)C)c(F)c1. The highest BCUT2D eigenvalue weighted by Gasteiger charge is 2.07. The van der Waals surface area contributed by atoms with E-state index in [0.29, 0.717) is 24.5 Å². The molecule has 15 heavy (non-hydrogen) atoms. The second kappa shape index (κ2) is 5.71. The molecule has 0 unspecified atom stereocenters. The molecule has 0 fully saturated rings. The fourth-order valence-corrected chi connectivity index (χ4v) is 1.31. The Morgan fingerprint density at radius 3 is 2.53 bits per heavy atom. The molecular formula is C12H17FO2. The van der Waals surface area contributed by atoms with E-state index in [1.54, 1.807) is 19.2 Å². The van der Waals surface area contributed by atoms with Gasteiger partial charge in [-0.1, -0.05) is 19.9 Å². The Balaban J connectivity index is 2.65. The maximum Gasteiger partial charge on any atom is 0.130 e. The lowest BCUT2D eigenvalue weighted by Gasteiger charge is -2.10. The van der Waals surface area contributed by atoms with E-state index in [1.165, 1.54) is 6.07 Å². The van der Waals surface area contributed by atoms with Gasteiger partial charge in [-0.05, 0) is 17.5 Å². The Morgan fingerprint density at radius 1 is 1.27 bits per heavy atom. The molecule has 0 aliphatic heterocycles. The van der Waals surface area contributed by atoms with Crippen LogP contribution in [-0.4, -0.2) is 20.3 Å². The van der Waals surface area contributed by atoms with Crippen LogP contribution in [0.5, 0.6) is 5.75 Å². The minimum atomic E-state index is -0.208. The van der Waals surface area contributed by atoms with Crippen LogP contribution in [0.3, 0.4) is 0 Å². The van der Waals surface area contributed by atoms with E-state index in [2.05, 4.69) is 0 Å². The van der Waals surface area contributed by atoms with Crippen LogP contribution in [0.25, 0.3) is 0 Å². The molecule has 0 aromatic heterocycles. The Hall–Kier alpha value is -1.09. The highest BCUT2D eigenvalue weighted by molar-refractivity contribution is 5.30. The average Bonchev–Trinajstić information content (AvgIpc) is 2.17.